The fraction of sp³-hybridized carbons (Fsp3) is 0.409. The Morgan fingerprint density at radius 3 is 2.55 bits per heavy atom. The van der Waals surface area contributed by atoms with E-state index in [4.69, 9.17) is 39.5 Å². The van der Waals surface area contributed by atoms with Gasteiger partial charge in [-0.25, -0.2) is 4.79 Å². The maximum atomic E-state index is 12.9. The van der Waals surface area contributed by atoms with Crippen LogP contribution in [-0.4, -0.2) is 61.8 Å². The average Bonchev–Trinajstić information content (AvgIpc) is 2.73. The monoisotopic (exact) mass is 485 g/mol. The van der Waals surface area contributed by atoms with Crippen molar-refractivity contribution in [1.29, 1.82) is 0 Å². The molecule has 168 valence electrons. The van der Waals surface area contributed by atoms with Crippen LogP contribution in [0.4, 0.5) is 10.5 Å². The van der Waals surface area contributed by atoms with Gasteiger partial charge in [0.25, 0.3) is 0 Å². The number of likely N-dealkylation sites (tertiary alicyclic amines) is 1. The fourth-order valence-electron chi connectivity index (χ4n) is 3.95. The number of urea groups is 1. The normalized spacial score (nSPS) is 21.3. The molecule has 6 nitrogen and oxygen atoms in total. The number of nitrogens with zero attached hydrogens (tertiary/aromatic N) is 2. The van der Waals surface area contributed by atoms with Gasteiger partial charge in [0.2, 0.25) is 0 Å². The molecule has 9 heteroatoms. The summed E-state index contributed by atoms with van der Waals surface area (Å²) in [5.74, 6) is 0.484. The van der Waals surface area contributed by atoms with Gasteiger partial charge in [0.05, 0.1) is 27.8 Å². The minimum Gasteiger partial charge on any atom is -0.497 e. The van der Waals surface area contributed by atoms with Crippen molar-refractivity contribution in [3.63, 3.8) is 0 Å². The number of anilines is 1. The van der Waals surface area contributed by atoms with Gasteiger partial charge in [0.1, 0.15) is 5.75 Å². The summed E-state index contributed by atoms with van der Waals surface area (Å²) in [5.41, 5.74) is 0.167. The van der Waals surface area contributed by atoms with Crippen molar-refractivity contribution in [2.75, 3.05) is 46.2 Å². The number of aliphatic hydroxyl groups is 1. The van der Waals surface area contributed by atoms with Crippen LogP contribution in [0.2, 0.25) is 15.1 Å². The number of benzene rings is 2. The number of halogens is 3. The molecule has 0 aromatic heterocycles. The third-order valence-electron chi connectivity index (χ3n) is 5.56. The second-order valence-electron chi connectivity index (χ2n) is 8.00. The minimum absolute atomic E-state index is 0.202. The molecule has 3 rings (SSSR count). The highest BCUT2D eigenvalue weighted by Crippen LogP contribution is 2.39. The van der Waals surface area contributed by atoms with Gasteiger partial charge in [-0.2, -0.15) is 0 Å². The fourth-order valence-corrected chi connectivity index (χ4v) is 4.55. The number of hydrogen-bond donors (Lipinski definition) is 2. The van der Waals surface area contributed by atoms with E-state index in [0.29, 0.717) is 37.5 Å². The number of piperidine rings is 1. The van der Waals surface area contributed by atoms with Crippen LogP contribution in [0.25, 0.3) is 0 Å². The zero-order valence-corrected chi connectivity index (χ0v) is 19.9. The van der Waals surface area contributed by atoms with Crippen LogP contribution in [0.3, 0.4) is 0 Å². The molecule has 1 fully saturated rings. The number of carbonyl (C=O) groups excluding carboxylic acids is 1. The zero-order chi connectivity index (χ0) is 22.8. The SMILES string of the molecule is COc1cccc(C2(O)CCN(C(=O)Nc3cc(Cl)c(Cl)c(Cl)c3)CC2CN(C)C)c1. The molecule has 2 amide bonds. The van der Waals surface area contributed by atoms with E-state index in [2.05, 4.69) is 5.32 Å². The quantitative estimate of drug-likeness (QED) is 0.586. The Kier molecular flexibility index (Phi) is 7.60. The number of nitrogens with one attached hydrogen (secondary N) is 1. The lowest BCUT2D eigenvalue weighted by molar-refractivity contribution is -0.0750. The number of hydrogen-bond acceptors (Lipinski definition) is 4. The number of ether oxygens (including phenoxy) is 1. The standard InChI is InChI=1S/C22H26Cl3N3O3/c1-27(2)12-15-13-28(21(29)26-16-10-18(23)20(25)19(24)11-16)8-7-22(15,30)14-5-4-6-17(9-14)31-3/h4-6,9-11,15,30H,7-8,12-13H2,1-3H3,(H,26,29). The topological polar surface area (TPSA) is 65.0 Å². The molecule has 2 unspecified atom stereocenters. The van der Waals surface area contributed by atoms with Gasteiger partial charge >= 0.3 is 6.03 Å². The molecule has 1 aliphatic heterocycles. The summed E-state index contributed by atoms with van der Waals surface area (Å²) < 4.78 is 5.33. The van der Waals surface area contributed by atoms with E-state index in [-0.39, 0.29) is 27.0 Å². The number of rotatable bonds is 5. The molecule has 1 aliphatic rings. The highest BCUT2D eigenvalue weighted by molar-refractivity contribution is 6.48. The number of amides is 2. The largest absolute Gasteiger partial charge is 0.497 e. The minimum atomic E-state index is -1.08. The van der Waals surface area contributed by atoms with Crippen molar-refractivity contribution in [1.82, 2.24) is 9.80 Å². The first-order valence-corrected chi connectivity index (χ1v) is 11.0. The number of carbonyl (C=O) groups is 1. The van der Waals surface area contributed by atoms with Gasteiger partial charge in [0.15, 0.2) is 0 Å². The molecule has 1 saturated heterocycles. The third-order valence-corrected chi connectivity index (χ3v) is 6.75. The summed E-state index contributed by atoms with van der Waals surface area (Å²) in [7, 11) is 5.49. The summed E-state index contributed by atoms with van der Waals surface area (Å²) in [6, 6.07) is 10.3. The second-order valence-corrected chi connectivity index (χ2v) is 9.19. The average molecular weight is 487 g/mol. The maximum Gasteiger partial charge on any atom is 0.321 e. The molecular weight excluding hydrogens is 461 g/mol. The molecule has 0 aliphatic carbocycles. The molecule has 0 bridgehead atoms. The lowest BCUT2D eigenvalue weighted by atomic mass is 9.75. The van der Waals surface area contributed by atoms with Crippen LogP contribution in [0.15, 0.2) is 36.4 Å². The Bertz CT molecular complexity index is 934. The second kappa shape index (κ2) is 9.84. The highest BCUT2D eigenvalue weighted by atomic mass is 35.5. The first-order valence-electron chi connectivity index (χ1n) is 9.86. The molecule has 1 heterocycles. The van der Waals surface area contributed by atoms with Crippen molar-refractivity contribution in [3.8, 4) is 5.75 Å². The summed E-state index contributed by atoms with van der Waals surface area (Å²) in [6.45, 7) is 1.38. The van der Waals surface area contributed by atoms with E-state index >= 15 is 0 Å². The van der Waals surface area contributed by atoms with Crippen LogP contribution in [0.5, 0.6) is 5.75 Å². The lowest BCUT2D eigenvalue weighted by Gasteiger charge is -2.45. The summed E-state index contributed by atoms with van der Waals surface area (Å²) in [6.07, 6.45) is 0.397. The Morgan fingerprint density at radius 1 is 1.26 bits per heavy atom. The van der Waals surface area contributed by atoms with E-state index in [1.807, 2.05) is 43.3 Å². The summed E-state index contributed by atoms with van der Waals surface area (Å²) >= 11 is 18.1. The van der Waals surface area contributed by atoms with Crippen LogP contribution in [0.1, 0.15) is 12.0 Å². The molecule has 2 atom stereocenters. The Morgan fingerprint density at radius 2 is 1.94 bits per heavy atom. The van der Waals surface area contributed by atoms with Gasteiger partial charge in [-0.1, -0.05) is 46.9 Å². The Balaban J connectivity index is 1.81. The van der Waals surface area contributed by atoms with Crippen molar-refractivity contribution >= 4 is 46.5 Å². The lowest BCUT2D eigenvalue weighted by Crippen LogP contribution is -2.55. The summed E-state index contributed by atoms with van der Waals surface area (Å²) in [4.78, 5) is 16.6. The van der Waals surface area contributed by atoms with E-state index in [0.717, 1.165) is 5.56 Å². The van der Waals surface area contributed by atoms with Crippen molar-refractivity contribution < 1.29 is 14.6 Å². The van der Waals surface area contributed by atoms with Crippen LogP contribution in [-0.2, 0) is 5.60 Å². The van der Waals surface area contributed by atoms with E-state index in [1.165, 1.54) is 0 Å². The molecule has 2 N–H and O–H groups in total. The van der Waals surface area contributed by atoms with Gasteiger partial charge in [-0.05, 0) is 50.3 Å². The Hall–Kier alpha value is -1.70. The molecule has 0 spiro atoms. The first kappa shape index (κ1) is 24.0. The van der Waals surface area contributed by atoms with E-state index < -0.39 is 5.60 Å². The van der Waals surface area contributed by atoms with E-state index in [9.17, 15) is 9.90 Å². The highest BCUT2D eigenvalue weighted by Gasteiger charge is 2.44. The van der Waals surface area contributed by atoms with Gasteiger partial charge in [0, 0.05) is 31.2 Å². The molecule has 2 aromatic rings. The van der Waals surface area contributed by atoms with Crippen LogP contribution < -0.4 is 10.1 Å². The van der Waals surface area contributed by atoms with Crippen molar-refractivity contribution in [2.45, 2.75) is 12.0 Å². The molecule has 0 radical (unpaired) electrons. The molecular formula is C22H26Cl3N3O3. The molecule has 31 heavy (non-hydrogen) atoms. The predicted octanol–water partition coefficient (Wildman–Crippen LogP) is 4.96. The smallest absolute Gasteiger partial charge is 0.321 e. The van der Waals surface area contributed by atoms with Crippen LogP contribution in [0, 0.1) is 5.92 Å². The third kappa shape index (κ3) is 5.38. The van der Waals surface area contributed by atoms with E-state index in [1.54, 1.807) is 24.1 Å². The van der Waals surface area contributed by atoms with Gasteiger partial charge in [-0.3, -0.25) is 0 Å². The van der Waals surface area contributed by atoms with Crippen LogP contribution >= 0.6 is 34.8 Å². The van der Waals surface area contributed by atoms with Gasteiger partial charge in [-0.15, -0.1) is 0 Å². The predicted molar refractivity (Wildman–Crippen MR) is 126 cm³/mol. The van der Waals surface area contributed by atoms with Crippen molar-refractivity contribution in [3.05, 3.63) is 57.0 Å². The van der Waals surface area contributed by atoms with Gasteiger partial charge < -0.3 is 25.0 Å². The molecule has 0 saturated carbocycles. The maximum absolute atomic E-state index is 12.9. The Labute approximate surface area is 197 Å². The summed E-state index contributed by atoms with van der Waals surface area (Å²) in [5, 5.41) is 15.3. The molecule has 2 aromatic carbocycles. The zero-order valence-electron chi connectivity index (χ0n) is 17.7. The first-order chi connectivity index (χ1) is 14.6. The number of methoxy groups -OCH3 is 1. The van der Waals surface area contributed by atoms with Crippen molar-refractivity contribution in [2.24, 2.45) is 5.92 Å².